The van der Waals surface area contributed by atoms with Gasteiger partial charge in [-0.25, -0.2) is 0 Å². The van der Waals surface area contributed by atoms with Crippen LogP contribution in [0.3, 0.4) is 0 Å². The van der Waals surface area contributed by atoms with Crippen LogP contribution in [0.5, 0.6) is 23.0 Å². The van der Waals surface area contributed by atoms with Gasteiger partial charge in [0.25, 0.3) is 0 Å². The van der Waals surface area contributed by atoms with Crippen molar-refractivity contribution in [3.05, 3.63) is 140 Å². The van der Waals surface area contributed by atoms with Gasteiger partial charge in [-0.3, -0.25) is 0 Å². The van der Waals surface area contributed by atoms with Crippen molar-refractivity contribution in [3.63, 3.8) is 0 Å². The standard InChI is InChI=1S/C21H20OSi.C18H12O/c1-23(2,3)20-14-8-12-18-16-10-5-4-9-15(16)17-11-6-7-13-19(17)22-21(18)20;1-2-8-14-13(7-1)15-9-3-5-11-17(15)19-18-12-6-4-10-16(14)18/h4-14H,1-3H3;1-12H. The first-order valence-electron chi connectivity index (χ1n) is 14.4. The Bertz CT molecular complexity index is 1870. The second kappa shape index (κ2) is 10.5. The van der Waals surface area contributed by atoms with Crippen LogP contribution >= 0.6 is 0 Å². The summed E-state index contributed by atoms with van der Waals surface area (Å²) in [7, 11) is -1.50. The molecular weight excluding hydrogens is 529 g/mol. The van der Waals surface area contributed by atoms with Crippen LogP contribution in [0.15, 0.2) is 140 Å². The van der Waals surface area contributed by atoms with Crippen LogP contribution in [-0.2, 0) is 0 Å². The average Bonchev–Trinajstić information content (AvgIpc) is 3.25. The number of fused-ring (bicyclic) bond motifs is 10. The fraction of sp³-hybridized carbons (Fsp3) is 0.0769. The molecule has 2 aliphatic rings. The van der Waals surface area contributed by atoms with E-state index in [0.29, 0.717) is 0 Å². The van der Waals surface area contributed by atoms with Crippen molar-refractivity contribution in [2.24, 2.45) is 0 Å². The number of rotatable bonds is 1. The molecule has 6 aromatic rings. The van der Waals surface area contributed by atoms with Crippen LogP contribution in [0.2, 0.25) is 19.6 Å². The van der Waals surface area contributed by atoms with Crippen LogP contribution in [0.25, 0.3) is 44.5 Å². The van der Waals surface area contributed by atoms with Crippen molar-refractivity contribution in [2.75, 3.05) is 0 Å². The summed E-state index contributed by atoms with van der Waals surface area (Å²) in [6, 6.07) is 48.4. The maximum Gasteiger partial charge on any atom is 0.135 e. The third-order valence-corrected chi connectivity index (χ3v) is 9.94. The predicted octanol–water partition coefficient (Wildman–Crippen LogP) is 10.8. The molecule has 0 unspecified atom stereocenters. The molecule has 2 heterocycles. The molecule has 2 nitrogen and oxygen atoms in total. The van der Waals surface area contributed by atoms with E-state index < -0.39 is 8.07 Å². The van der Waals surface area contributed by atoms with Crippen LogP contribution in [0, 0.1) is 0 Å². The maximum atomic E-state index is 6.48. The van der Waals surface area contributed by atoms with Gasteiger partial charge in [-0.15, -0.1) is 0 Å². The zero-order valence-electron chi connectivity index (χ0n) is 24.1. The van der Waals surface area contributed by atoms with Gasteiger partial charge in [0, 0.05) is 22.3 Å². The first-order chi connectivity index (χ1) is 20.5. The van der Waals surface area contributed by atoms with Gasteiger partial charge < -0.3 is 9.47 Å². The van der Waals surface area contributed by atoms with Crippen molar-refractivity contribution in [1.82, 2.24) is 0 Å². The van der Waals surface area contributed by atoms with Crippen molar-refractivity contribution in [2.45, 2.75) is 19.6 Å². The van der Waals surface area contributed by atoms with E-state index in [1.807, 2.05) is 30.3 Å². The van der Waals surface area contributed by atoms with Gasteiger partial charge in [0.15, 0.2) is 0 Å². The van der Waals surface area contributed by atoms with E-state index in [1.54, 1.807) is 0 Å². The van der Waals surface area contributed by atoms with E-state index in [4.69, 9.17) is 9.47 Å². The minimum absolute atomic E-state index is 0.917. The summed E-state index contributed by atoms with van der Waals surface area (Å²) in [6.45, 7) is 7.11. The van der Waals surface area contributed by atoms with Gasteiger partial charge in [-0.05, 0) is 45.6 Å². The molecule has 0 spiro atoms. The minimum atomic E-state index is -1.50. The van der Waals surface area contributed by atoms with E-state index >= 15 is 0 Å². The molecule has 0 fully saturated rings. The lowest BCUT2D eigenvalue weighted by molar-refractivity contribution is 0.487. The van der Waals surface area contributed by atoms with Crippen molar-refractivity contribution in [3.8, 4) is 67.5 Å². The Kier molecular flexibility index (Phi) is 6.53. The van der Waals surface area contributed by atoms with Crippen LogP contribution in [0.1, 0.15) is 0 Å². The molecule has 0 bridgehead atoms. The number of benzene rings is 6. The summed E-state index contributed by atoms with van der Waals surface area (Å²) in [5, 5.41) is 1.38. The normalized spacial score (nSPS) is 12.1. The largest absolute Gasteiger partial charge is 0.456 e. The minimum Gasteiger partial charge on any atom is -0.456 e. The SMILES string of the molecule is C[Si](C)(C)c1cccc2c1Oc1ccccc1-c1ccccc1-2.c1ccc2c(c1)Oc1ccccc1-c1ccccc1-2. The molecule has 0 N–H and O–H groups in total. The highest BCUT2D eigenvalue weighted by Crippen LogP contribution is 2.47. The highest BCUT2D eigenvalue weighted by Gasteiger charge is 2.27. The molecule has 0 aromatic heterocycles. The molecule has 8 rings (SSSR count). The van der Waals surface area contributed by atoms with Crippen molar-refractivity contribution in [1.29, 1.82) is 0 Å². The topological polar surface area (TPSA) is 18.5 Å². The fourth-order valence-electron chi connectivity index (χ4n) is 5.92. The Balaban J connectivity index is 0.000000139. The van der Waals surface area contributed by atoms with Gasteiger partial charge in [-0.1, -0.05) is 141 Å². The Labute approximate surface area is 248 Å². The number of hydrogen-bond donors (Lipinski definition) is 0. The molecule has 204 valence electrons. The Hall–Kier alpha value is -4.86. The summed E-state index contributed by atoms with van der Waals surface area (Å²) in [4.78, 5) is 0. The molecule has 0 radical (unpaired) electrons. The zero-order valence-corrected chi connectivity index (χ0v) is 25.1. The van der Waals surface area contributed by atoms with E-state index in [2.05, 4.69) is 129 Å². The van der Waals surface area contributed by atoms with Gasteiger partial charge >= 0.3 is 0 Å². The van der Waals surface area contributed by atoms with Gasteiger partial charge in [0.05, 0.1) is 8.07 Å². The fourth-order valence-corrected chi connectivity index (χ4v) is 7.38. The van der Waals surface area contributed by atoms with Gasteiger partial charge in [0.2, 0.25) is 0 Å². The first-order valence-corrected chi connectivity index (χ1v) is 17.9. The highest BCUT2D eigenvalue weighted by atomic mass is 28.3. The molecule has 42 heavy (non-hydrogen) atoms. The Morgan fingerprint density at radius 3 is 1.10 bits per heavy atom. The Morgan fingerprint density at radius 2 is 0.667 bits per heavy atom. The molecule has 2 aliphatic heterocycles. The number of hydrogen-bond acceptors (Lipinski definition) is 2. The lowest BCUT2D eigenvalue weighted by atomic mass is 9.95. The van der Waals surface area contributed by atoms with Crippen molar-refractivity contribution >= 4 is 13.3 Å². The van der Waals surface area contributed by atoms with E-state index in [0.717, 1.165) is 34.1 Å². The molecule has 0 amide bonds. The van der Waals surface area contributed by atoms with Gasteiger partial charge in [0.1, 0.15) is 23.0 Å². The monoisotopic (exact) mass is 560 g/mol. The molecule has 0 saturated carbocycles. The summed E-state index contributed by atoms with van der Waals surface area (Å²) in [5.41, 5.74) is 9.62. The molecule has 0 aliphatic carbocycles. The van der Waals surface area contributed by atoms with E-state index in [1.165, 1.54) is 38.6 Å². The zero-order chi connectivity index (χ0) is 28.7. The van der Waals surface area contributed by atoms with Crippen molar-refractivity contribution < 1.29 is 9.47 Å². The first kappa shape index (κ1) is 26.1. The average molecular weight is 561 g/mol. The lowest BCUT2D eigenvalue weighted by Gasteiger charge is -2.22. The van der Waals surface area contributed by atoms with E-state index in [9.17, 15) is 0 Å². The van der Waals surface area contributed by atoms with Gasteiger partial charge in [-0.2, -0.15) is 0 Å². The highest BCUT2D eigenvalue weighted by molar-refractivity contribution is 6.89. The number of para-hydroxylation sites is 4. The summed E-state index contributed by atoms with van der Waals surface area (Å²) < 4.78 is 12.6. The molecule has 0 saturated heterocycles. The summed E-state index contributed by atoms with van der Waals surface area (Å²) in [6.07, 6.45) is 0. The summed E-state index contributed by atoms with van der Waals surface area (Å²) in [5.74, 6) is 3.83. The van der Waals surface area contributed by atoms with E-state index in [-0.39, 0.29) is 0 Å². The molecule has 0 atom stereocenters. The third-order valence-electron chi connectivity index (χ3n) is 7.93. The van der Waals surface area contributed by atoms with Crippen LogP contribution in [0.4, 0.5) is 0 Å². The molecule has 6 aromatic carbocycles. The van der Waals surface area contributed by atoms with Crippen LogP contribution < -0.4 is 14.7 Å². The maximum absolute atomic E-state index is 6.48. The molecular formula is C39H32O2Si. The third kappa shape index (κ3) is 4.62. The number of ether oxygens (including phenoxy) is 2. The quantitative estimate of drug-likeness (QED) is 0.186. The van der Waals surface area contributed by atoms with Crippen LogP contribution in [-0.4, -0.2) is 8.07 Å². The Morgan fingerprint density at radius 1 is 0.333 bits per heavy atom. The molecule has 3 heteroatoms. The second-order valence-electron chi connectivity index (χ2n) is 11.7. The smallest absolute Gasteiger partial charge is 0.135 e. The second-order valence-corrected chi connectivity index (χ2v) is 16.8. The lowest BCUT2D eigenvalue weighted by Crippen LogP contribution is -2.38. The predicted molar refractivity (Wildman–Crippen MR) is 178 cm³/mol. The summed E-state index contributed by atoms with van der Waals surface area (Å²) >= 11 is 0.